The van der Waals surface area contributed by atoms with Crippen molar-refractivity contribution < 1.29 is 9.72 Å². The Kier molecular flexibility index (Phi) is 4.02. The standard InChI is InChI=1S/C20H12N2O3S/c23-19(13-9-11-14(12-10-13)22(24)25)15-5-1-2-6-16(15)20-21-17-7-3-4-8-18(17)26-20/h1-12H. The number of fused-ring (bicyclic) bond motifs is 1. The van der Waals surface area contributed by atoms with Crippen LogP contribution in [0, 0.1) is 10.1 Å². The van der Waals surface area contributed by atoms with Crippen LogP contribution in [0.3, 0.4) is 0 Å². The third kappa shape index (κ3) is 2.87. The first kappa shape index (κ1) is 16.1. The minimum atomic E-state index is -0.483. The van der Waals surface area contributed by atoms with Gasteiger partial charge in [-0.15, -0.1) is 11.3 Å². The lowest BCUT2D eigenvalue weighted by Crippen LogP contribution is -2.03. The van der Waals surface area contributed by atoms with Crippen molar-refractivity contribution in [2.75, 3.05) is 0 Å². The molecule has 26 heavy (non-hydrogen) atoms. The van der Waals surface area contributed by atoms with Gasteiger partial charge in [0.1, 0.15) is 5.01 Å². The Balaban J connectivity index is 1.77. The van der Waals surface area contributed by atoms with E-state index in [4.69, 9.17) is 0 Å². The summed E-state index contributed by atoms with van der Waals surface area (Å²) in [5.41, 5.74) is 2.55. The van der Waals surface area contributed by atoms with Gasteiger partial charge in [0, 0.05) is 28.8 Å². The molecule has 0 bridgehead atoms. The number of hydrogen-bond donors (Lipinski definition) is 0. The molecule has 1 aromatic heterocycles. The minimum absolute atomic E-state index is 0.0407. The van der Waals surface area contributed by atoms with Crippen molar-refractivity contribution >= 4 is 33.0 Å². The molecule has 0 aliphatic rings. The number of para-hydroxylation sites is 1. The highest BCUT2D eigenvalue weighted by Crippen LogP contribution is 2.33. The van der Waals surface area contributed by atoms with Gasteiger partial charge in [0.2, 0.25) is 0 Å². The second kappa shape index (κ2) is 6.50. The molecule has 0 saturated heterocycles. The summed E-state index contributed by atoms with van der Waals surface area (Å²) in [4.78, 5) is 27.9. The molecule has 0 atom stereocenters. The maximum Gasteiger partial charge on any atom is 0.269 e. The maximum atomic E-state index is 12.9. The molecule has 1 heterocycles. The first-order valence-electron chi connectivity index (χ1n) is 7.87. The lowest BCUT2D eigenvalue weighted by atomic mass is 9.98. The zero-order chi connectivity index (χ0) is 18.1. The minimum Gasteiger partial charge on any atom is -0.289 e. The van der Waals surface area contributed by atoms with E-state index in [0.29, 0.717) is 11.1 Å². The van der Waals surface area contributed by atoms with Crippen LogP contribution >= 0.6 is 11.3 Å². The molecular formula is C20H12N2O3S. The van der Waals surface area contributed by atoms with E-state index in [1.54, 1.807) is 12.1 Å². The number of rotatable bonds is 4. The van der Waals surface area contributed by atoms with Gasteiger partial charge >= 0.3 is 0 Å². The van der Waals surface area contributed by atoms with Gasteiger partial charge < -0.3 is 0 Å². The molecule has 0 radical (unpaired) electrons. The predicted octanol–water partition coefficient (Wildman–Crippen LogP) is 5.10. The lowest BCUT2D eigenvalue weighted by Gasteiger charge is -2.06. The highest BCUT2D eigenvalue weighted by atomic mass is 32.1. The summed E-state index contributed by atoms with van der Waals surface area (Å²) < 4.78 is 1.06. The van der Waals surface area contributed by atoms with Crippen molar-refractivity contribution in [3.8, 4) is 10.6 Å². The molecule has 126 valence electrons. The molecule has 0 spiro atoms. The largest absolute Gasteiger partial charge is 0.289 e. The lowest BCUT2D eigenvalue weighted by molar-refractivity contribution is -0.384. The number of carbonyl (C=O) groups is 1. The van der Waals surface area contributed by atoms with E-state index in [9.17, 15) is 14.9 Å². The molecule has 3 aromatic carbocycles. The second-order valence-electron chi connectivity index (χ2n) is 5.67. The zero-order valence-electron chi connectivity index (χ0n) is 13.5. The number of carbonyl (C=O) groups excluding carboxylic acids is 1. The van der Waals surface area contributed by atoms with Crippen molar-refractivity contribution in [3.05, 3.63) is 94.0 Å². The summed E-state index contributed by atoms with van der Waals surface area (Å²) in [6.45, 7) is 0. The quantitative estimate of drug-likeness (QED) is 0.288. The van der Waals surface area contributed by atoms with Crippen molar-refractivity contribution in [2.45, 2.75) is 0 Å². The first-order valence-corrected chi connectivity index (χ1v) is 8.69. The van der Waals surface area contributed by atoms with Crippen LogP contribution in [0.25, 0.3) is 20.8 Å². The van der Waals surface area contributed by atoms with Crippen molar-refractivity contribution in [2.24, 2.45) is 0 Å². The third-order valence-corrected chi connectivity index (χ3v) is 5.11. The van der Waals surface area contributed by atoms with Gasteiger partial charge in [0.15, 0.2) is 5.78 Å². The Hall–Kier alpha value is -3.38. The number of nitro benzene ring substituents is 1. The Morgan fingerprint density at radius 2 is 1.62 bits per heavy atom. The molecule has 0 aliphatic heterocycles. The Bertz CT molecular complexity index is 1100. The molecule has 0 unspecified atom stereocenters. The molecule has 6 heteroatoms. The van der Waals surface area contributed by atoms with Crippen LogP contribution in [0.15, 0.2) is 72.8 Å². The number of nitrogens with zero attached hydrogens (tertiary/aromatic N) is 2. The van der Waals surface area contributed by atoms with Crippen LogP contribution in [0.5, 0.6) is 0 Å². The monoisotopic (exact) mass is 360 g/mol. The fraction of sp³-hybridized carbons (Fsp3) is 0. The number of thiazole rings is 1. The van der Waals surface area contributed by atoms with Crippen LogP contribution in [0.1, 0.15) is 15.9 Å². The molecule has 0 N–H and O–H groups in total. The molecule has 4 aromatic rings. The van der Waals surface area contributed by atoms with Gasteiger partial charge in [-0.1, -0.05) is 36.4 Å². The van der Waals surface area contributed by atoms with Gasteiger partial charge in [-0.25, -0.2) is 4.98 Å². The van der Waals surface area contributed by atoms with Crippen molar-refractivity contribution in [1.29, 1.82) is 0 Å². The fourth-order valence-electron chi connectivity index (χ4n) is 2.75. The van der Waals surface area contributed by atoms with E-state index in [-0.39, 0.29) is 11.5 Å². The van der Waals surface area contributed by atoms with E-state index < -0.39 is 4.92 Å². The molecule has 4 rings (SSSR count). The van der Waals surface area contributed by atoms with Crippen LogP contribution < -0.4 is 0 Å². The topological polar surface area (TPSA) is 73.1 Å². The smallest absolute Gasteiger partial charge is 0.269 e. The summed E-state index contributed by atoms with van der Waals surface area (Å²) in [7, 11) is 0. The van der Waals surface area contributed by atoms with Crippen LogP contribution in [-0.2, 0) is 0 Å². The molecule has 0 aliphatic carbocycles. The number of aromatic nitrogens is 1. The van der Waals surface area contributed by atoms with E-state index >= 15 is 0 Å². The van der Waals surface area contributed by atoms with Gasteiger partial charge in [-0.2, -0.15) is 0 Å². The Morgan fingerprint density at radius 1 is 0.923 bits per heavy atom. The maximum absolute atomic E-state index is 12.9. The van der Waals surface area contributed by atoms with E-state index in [1.807, 2.05) is 36.4 Å². The van der Waals surface area contributed by atoms with E-state index in [2.05, 4.69) is 4.98 Å². The summed E-state index contributed by atoms with van der Waals surface area (Å²) in [5.74, 6) is -0.185. The summed E-state index contributed by atoms with van der Waals surface area (Å²) >= 11 is 1.53. The highest BCUT2D eigenvalue weighted by Gasteiger charge is 2.18. The van der Waals surface area contributed by atoms with Gasteiger partial charge in [-0.05, 0) is 24.3 Å². The van der Waals surface area contributed by atoms with Crippen molar-refractivity contribution in [1.82, 2.24) is 4.98 Å². The average molecular weight is 360 g/mol. The van der Waals surface area contributed by atoms with Crippen LogP contribution in [0.2, 0.25) is 0 Å². The molecular weight excluding hydrogens is 348 g/mol. The average Bonchev–Trinajstić information content (AvgIpc) is 3.11. The summed E-state index contributed by atoms with van der Waals surface area (Å²) in [6.07, 6.45) is 0. The van der Waals surface area contributed by atoms with Crippen LogP contribution in [-0.4, -0.2) is 15.7 Å². The second-order valence-corrected chi connectivity index (χ2v) is 6.70. The SMILES string of the molecule is O=C(c1ccc([N+](=O)[O-])cc1)c1ccccc1-c1nc2ccccc2s1. The fourth-order valence-corrected chi connectivity index (χ4v) is 3.75. The molecule has 0 amide bonds. The molecule has 0 saturated carbocycles. The summed E-state index contributed by atoms with van der Waals surface area (Å²) in [6, 6.07) is 20.8. The third-order valence-electron chi connectivity index (χ3n) is 4.04. The number of hydrogen-bond acceptors (Lipinski definition) is 5. The Morgan fingerprint density at radius 3 is 2.35 bits per heavy atom. The number of non-ortho nitro benzene ring substituents is 1. The first-order chi connectivity index (χ1) is 12.6. The van der Waals surface area contributed by atoms with E-state index in [0.717, 1.165) is 20.8 Å². The molecule has 0 fully saturated rings. The van der Waals surface area contributed by atoms with Gasteiger partial charge in [0.25, 0.3) is 5.69 Å². The van der Waals surface area contributed by atoms with E-state index in [1.165, 1.54) is 35.6 Å². The normalized spacial score (nSPS) is 10.8. The number of benzene rings is 3. The zero-order valence-corrected chi connectivity index (χ0v) is 14.3. The Labute approximate surface area is 152 Å². The number of ketones is 1. The highest BCUT2D eigenvalue weighted by molar-refractivity contribution is 7.21. The van der Waals surface area contributed by atoms with Crippen molar-refractivity contribution in [3.63, 3.8) is 0 Å². The molecule has 5 nitrogen and oxygen atoms in total. The van der Waals surface area contributed by atoms with Crippen LogP contribution in [0.4, 0.5) is 5.69 Å². The van der Waals surface area contributed by atoms with Gasteiger partial charge in [0.05, 0.1) is 15.1 Å². The van der Waals surface area contributed by atoms with Gasteiger partial charge in [-0.3, -0.25) is 14.9 Å². The number of nitro groups is 1. The predicted molar refractivity (Wildman–Crippen MR) is 102 cm³/mol. The summed E-state index contributed by atoms with van der Waals surface area (Å²) in [5, 5.41) is 11.6.